The van der Waals surface area contributed by atoms with E-state index in [1.165, 1.54) is 0 Å². The molecule has 0 aliphatic rings. The van der Waals surface area contributed by atoms with E-state index < -0.39 is 0 Å². The smallest absolute Gasteiger partial charge is 0.220 e. The predicted octanol–water partition coefficient (Wildman–Crippen LogP) is 3.40. The van der Waals surface area contributed by atoms with Crippen LogP contribution in [0.3, 0.4) is 0 Å². The van der Waals surface area contributed by atoms with Gasteiger partial charge in [-0.25, -0.2) is 9.97 Å². The number of aromatic nitrogens is 3. The fourth-order valence-corrected chi connectivity index (χ4v) is 2.45. The van der Waals surface area contributed by atoms with Crippen LogP contribution in [0.1, 0.15) is 0 Å². The lowest BCUT2D eigenvalue weighted by Crippen LogP contribution is -1.94. The minimum Gasteiger partial charge on any atom is -0.368 e. The number of hydrogen-bond acceptors (Lipinski definition) is 3. The van der Waals surface area contributed by atoms with Crippen molar-refractivity contribution < 1.29 is 0 Å². The van der Waals surface area contributed by atoms with Crippen LogP contribution in [-0.2, 0) is 7.05 Å². The fraction of sp³-hybridized carbons (Fsp3) is 0.0769. The van der Waals surface area contributed by atoms with E-state index in [9.17, 15) is 0 Å². The second-order valence-electron chi connectivity index (χ2n) is 4.12. The van der Waals surface area contributed by atoms with E-state index in [0.717, 1.165) is 26.6 Å². The lowest BCUT2D eigenvalue weighted by Gasteiger charge is -1.99. The van der Waals surface area contributed by atoms with Gasteiger partial charge in [-0.1, -0.05) is 15.9 Å². The van der Waals surface area contributed by atoms with Crippen molar-refractivity contribution in [3.63, 3.8) is 0 Å². The van der Waals surface area contributed by atoms with Crippen molar-refractivity contribution in [1.29, 1.82) is 0 Å². The van der Waals surface area contributed by atoms with Gasteiger partial charge in [-0.05, 0) is 24.3 Å². The summed E-state index contributed by atoms with van der Waals surface area (Å²) in [5, 5.41) is 1.14. The second-order valence-corrected chi connectivity index (χ2v) is 5.03. The van der Waals surface area contributed by atoms with Crippen molar-refractivity contribution in [1.82, 2.24) is 14.5 Å². The van der Waals surface area contributed by atoms with Crippen molar-refractivity contribution in [2.24, 2.45) is 7.05 Å². The molecular weight excluding hydrogens is 328 g/mol. The Hall–Kier alpha value is -1.59. The summed E-state index contributed by atoms with van der Waals surface area (Å²) in [6, 6.07) is 8.06. The fourth-order valence-electron chi connectivity index (χ4n) is 2.09. The molecule has 1 aromatic carbocycles. The van der Waals surface area contributed by atoms with Gasteiger partial charge in [-0.15, -0.1) is 12.4 Å². The molecule has 2 aromatic heterocycles. The Morgan fingerprint density at radius 3 is 2.79 bits per heavy atom. The summed E-state index contributed by atoms with van der Waals surface area (Å²) >= 11 is 3.50. The summed E-state index contributed by atoms with van der Waals surface area (Å²) in [4.78, 5) is 8.19. The molecule has 0 saturated heterocycles. The predicted molar refractivity (Wildman–Crippen MR) is 83.3 cm³/mol. The highest BCUT2D eigenvalue weighted by atomic mass is 79.9. The molecule has 0 radical (unpaired) electrons. The van der Waals surface area contributed by atoms with E-state index in [0.29, 0.717) is 5.95 Å². The number of benzene rings is 1. The van der Waals surface area contributed by atoms with E-state index in [2.05, 4.69) is 48.8 Å². The molecular formula is C13H12BrClN4. The molecule has 3 aromatic rings. The van der Waals surface area contributed by atoms with Crippen LogP contribution < -0.4 is 5.73 Å². The quantitative estimate of drug-likeness (QED) is 0.739. The molecule has 0 spiro atoms. The molecule has 6 heteroatoms. The van der Waals surface area contributed by atoms with Gasteiger partial charge in [0, 0.05) is 40.4 Å². The number of nitrogens with two attached hydrogens (primary N) is 1. The number of fused-ring (bicyclic) bond motifs is 1. The second kappa shape index (κ2) is 5.19. The zero-order valence-electron chi connectivity index (χ0n) is 10.2. The Morgan fingerprint density at radius 2 is 2.05 bits per heavy atom. The maximum absolute atomic E-state index is 5.64. The van der Waals surface area contributed by atoms with Gasteiger partial charge in [0.05, 0.1) is 5.69 Å². The third-order valence-electron chi connectivity index (χ3n) is 2.90. The summed E-state index contributed by atoms with van der Waals surface area (Å²) < 4.78 is 3.12. The van der Waals surface area contributed by atoms with Crippen molar-refractivity contribution >= 4 is 45.2 Å². The largest absolute Gasteiger partial charge is 0.368 e. The SMILES string of the molecule is Cl.Cn1cc(-c2ccnc(N)n2)c2cc(Br)ccc21. The van der Waals surface area contributed by atoms with Crippen LogP contribution in [0.5, 0.6) is 0 Å². The van der Waals surface area contributed by atoms with Gasteiger partial charge < -0.3 is 10.3 Å². The Labute approximate surface area is 125 Å². The molecule has 0 aliphatic carbocycles. The van der Waals surface area contributed by atoms with E-state index in [4.69, 9.17) is 5.73 Å². The molecule has 0 bridgehead atoms. The molecule has 19 heavy (non-hydrogen) atoms. The average Bonchev–Trinajstić information content (AvgIpc) is 2.66. The molecule has 2 heterocycles. The minimum atomic E-state index is 0. The van der Waals surface area contributed by atoms with E-state index in [-0.39, 0.29) is 12.4 Å². The number of anilines is 1. The van der Waals surface area contributed by atoms with Gasteiger partial charge in [0.2, 0.25) is 5.95 Å². The zero-order chi connectivity index (χ0) is 12.7. The van der Waals surface area contributed by atoms with Crippen molar-refractivity contribution in [3.8, 4) is 11.3 Å². The van der Waals surface area contributed by atoms with Crippen LogP contribution in [0.25, 0.3) is 22.2 Å². The molecule has 3 rings (SSSR count). The monoisotopic (exact) mass is 338 g/mol. The third kappa shape index (κ3) is 2.43. The standard InChI is InChI=1S/C13H11BrN4.ClH/c1-18-7-10(11-4-5-16-13(15)17-11)9-6-8(14)2-3-12(9)18;/h2-7H,1H3,(H2,15,16,17);1H. The highest BCUT2D eigenvalue weighted by Crippen LogP contribution is 2.31. The lowest BCUT2D eigenvalue weighted by molar-refractivity contribution is 0.969. The summed E-state index contributed by atoms with van der Waals surface area (Å²) in [6.07, 6.45) is 3.73. The van der Waals surface area contributed by atoms with Gasteiger partial charge in [0.15, 0.2) is 0 Å². The van der Waals surface area contributed by atoms with Gasteiger partial charge in [-0.2, -0.15) is 0 Å². The first kappa shape index (κ1) is 13.8. The highest BCUT2D eigenvalue weighted by Gasteiger charge is 2.10. The van der Waals surface area contributed by atoms with Crippen LogP contribution in [0.2, 0.25) is 0 Å². The van der Waals surface area contributed by atoms with Gasteiger partial charge >= 0.3 is 0 Å². The maximum atomic E-state index is 5.64. The molecule has 0 amide bonds. The number of halogens is 2. The summed E-state index contributed by atoms with van der Waals surface area (Å²) in [5.41, 5.74) is 8.69. The third-order valence-corrected chi connectivity index (χ3v) is 3.39. The first-order valence-electron chi connectivity index (χ1n) is 5.48. The Kier molecular flexibility index (Phi) is 3.78. The van der Waals surface area contributed by atoms with Crippen LogP contribution >= 0.6 is 28.3 Å². The lowest BCUT2D eigenvalue weighted by atomic mass is 10.1. The van der Waals surface area contributed by atoms with Gasteiger partial charge in [0.25, 0.3) is 0 Å². The molecule has 98 valence electrons. The van der Waals surface area contributed by atoms with Gasteiger partial charge in [-0.3, -0.25) is 0 Å². The minimum absolute atomic E-state index is 0. The molecule has 0 atom stereocenters. The highest BCUT2D eigenvalue weighted by molar-refractivity contribution is 9.10. The van der Waals surface area contributed by atoms with Crippen molar-refractivity contribution in [3.05, 3.63) is 41.1 Å². The molecule has 0 unspecified atom stereocenters. The number of nitrogen functional groups attached to an aromatic ring is 1. The maximum Gasteiger partial charge on any atom is 0.220 e. The molecule has 0 aliphatic heterocycles. The topological polar surface area (TPSA) is 56.7 Å². The van der Waals surface area contributed by atoms with Crippen LogP contribution in [0, 0.1) is 0 Å². The zero-order valence-corrected chi connectivity index (χ0v) is 12.6. The first-order chi connectivity index (χ1) is 8.65. The van der Waals surface area contributed by atoms with Crippen molar-refractivity contribution in [2.75, 3.05) is 5.73 Å². The Balaban J connectivity index is 0.00000133. The van der Waals surface area contributed by atoms with Crippen LogP contribution in [0.15, 0.2) is 41.1 Å². The molecule has 0 saturated carbocycles. The molecule has 0 fully saturated rings. The van der Waals surface area contributed by atoms with Crippen LogP contribution in [0.4, 0.5) is 5.95 Å². The van der Waals surface area contributed by atoms with Gasteiger partial charge in [0.1, 0.15) is 0 Å². The Bertz CT molecular complexity index is 739. The van der Waals surface area contributed by atoms with Crippen LogP contribution in [-0.4, -0.2) is 14.5 Å². The number of nitrogens with zero attached hydrogens (tertiary/aromatic N) is 3. The Morgan fingerprint density at radius 1 is 1.26 bits per heavy atom. The summed E-state index contributed by atoms with van der Waals surface area (Å²) in [5.74, 6) is 0.291. The summed E-state index contributed by atoms with van der Waals surface area (Å²) in [6.45, 7) is 0. The number of hydrogen-bond donors (Lipinski definition) is 1. The van der Waals surface area contributed by atoms with E-state index in [1.54, 1.807) is 6.20 Å². The number of aryl methyl sites for hydroxylation is 1. The number of rotatable bonds is 1. The van der Waals surface area contributed by atoms with Crippen molar-refractivity contribution in [2.45, 2.75) is 0 Å². The van der Waals surface area contributed by atoms with E-state index in [1.807, 2.05) is 19.2 Å². The first-order valence-corrected chi connectivity index (χ1v) is 6.28. The summed E-state index contributed by atoms with van der Waals surface area (Å²) in [7, 11) is 2.02. The molecule has 2 N–H and O–H groups in total. The normalized spacial score (nSPS) is 10.4. The molecule has 4 nitrogen and oxygen atoms in total. The van der Waals surface area contributed by atoms with E-state index >= 15 is 0 Å². The average molecular weight is 340 g/mol.